The number of aryl methyl sites for hydroxylation is 2. The zero-order chi connectivity index (χ0) is 16.6. The molecule has 0 fully saturated rings. The first-order chi connectivity index (χ1) is 11.0. The third kappa shape index (κ3) is 2.77. The topological polar surface area (TPSA) is 72.2 Å². The molecule has 1 aromatic carbocycles. The minimum absolute atomic E-state index is 0.0430. The van der Waals surface area contributed by atoms with Crippen LogP contribution in [0, 0.1) is 6.92 Å². The van der Waals surface area contributed by atoms with Crippen molar-refractivity contribution < 1.29 is 9.90 Å². The van der Waals surface area contributed by atoms with Gasteiger partial charge in [-0.05, 0) is 36.6 Å². The molecular formula is C17H16N2O3S. The van der Waals surface area contributed by atoms with Gasteiger partial charge in [0.2, 0.25) is 0 Å². The van der Waals surface area contributed by atoms with Crippen LogP contribution in [0.3, 0.4) is 0 Å². The van der Waals surface area contributed by atoms with E-state index in [-0.39, 0.29) is 11.1 Å². The first kappa shape index (κ1) is 15.4. The number of hydrogen-bond donors (Lipinski definition) is 1. The average Bonchev–Trinajstić information content (AvgIpc) is 2.86. The van der Waals surface area contributed by atoms with Crippen LogP contribution >= 0.6 is 11.3 Å². The number of carbonyl (C=O) groups is 1. The summed E-state index contributed by atoms with van der Waals surface area (Å²) in [6.45, 7) is 4.43. The van der Waals surface area contributed by atoms with E-state index >= 15 is 0 Å². The summed E-state index contributed by atoms with van der Waals surface area (Å²) in [7, 11) is 0. The highest BCUT2D eigenvalue weighted by Crippen LogP contribution is 2.26. The molecule has 6 heteroatoms. The van der Waals surface area contributed by atoms with E-state index in [0.29, 0.717) is 11.9 Å². The molecule has 0 aliphatic rings. The van der Waals surface area contributed by atoms with Crippen molar-refractivity contribution >= 4 is 27.5 Å². The first-order valence-electron chi connectivity index (χ1n) is 7.31. The molecule has 0 saturated heterocycles. The van der Waals surface area contributed by atoms with Gasteiger partial charge in [-0.25, -0.2) is 9.78 Å². The second kappa shape index (κ2) is 5.96. The summed E-state index contributed by atoms with van der Waals surface area (Å²) in [4.78, 5) is 29.9. The van der Waals surface area contributed by atoms with E-state index in [1.54, 1.807) is 46.5 Å². The predicted molar refractivity (Wildman–Crippen MR) is 90.5 cm³/mol. The molecule has 5 nitrogen and oxygen atoms in total. The molecule has 0 bridgehead atoms. The highest BCUT2D eigenvalue weighted by molar-refractivity contribution is 7.18. The van der Waals surface area contributed by atoms with Crippen LogP contribution in [-0.2, 0) is 13.0 Å². The van der Waals surface area contributed by atoms with Crippen LogP contribution < -0.4 is 5.56 Å². The van der Waals surface area contributed by atoms with Gasteiger partial charge in [0, 0.05) is 4.88 Å². The van der Waals surface area contributed by atoms with Gasteiger partial charge >= 0.3 is 5.97 Å². The number of benzene rings is 1. The van der Waals surface area contributed by atoms with Gasteiger partial charge < -0.3 is 5.11 Å². The van der Waals surface area contributed by atoms with Gasteiger partial charge in [0.15, 0.2) is 0 Å². The van der Waals surface area contributed by atoms with E-state index < -0.39 is 5.97 Å². The normalized spacial score (nSPS) is 11.0. The van der Waals surface area contributed by atoms with Gasteiger partial charge in [-0.15, -0.1) is 11.3 Å². The minimum Gasteiger partial charge on any atom is -0.478 e. The Hall–Kier alpha value is -2.47. The molecule has 0 spiro atoms. The van der Waals surface area contributed by atoms with Gasteiger partial charge in [-0.3, -0.25) is 9.36 Å². The van der Waals surface area contributed by atoms with Crippen LogP contribution in [-0.4, -0.2) is 20.6 Å². The summed E-state index contributed by atoms with van der Waals surface area (Å²) in [5.74, 6) is -0.960. The Kier molecular flexibility index (Phi) is 4.00. The summed E-state index contributed by atoms with van der Waals surface area (Å²) in [6.07, 6.45) is 2.37. The van der Waals surface area contributed by atoms with Crippen LogP contribution in [0.2, 0.25) is 0 Å². The molecule has 0 atom stereocenters. The third-order valence-corrected chi connectivity index (χ3v) is 4.94. The SMILES string of the molecule is CCc1c(C)sc2ncn(Cc3ccc(C(=O)O)cc3)c(=O)c12. The monoisotopic (exact) mass is 328 g/mol. The van der Waals surface area contributed by atoms with E-state index in [9.17, 15) is 9.59 Å². The second-order valence-corrected chi connectivity index (χ2v) is 6.55. The zero-order valence-electron chi connectivity index (χ0n) is 12.9. The molecule has 23 heavy (non-hydrogen) atoms. The molecule has 2 aromatic heterocycles. The molecule has 0 saturated carbocycles. The maximum Gasteiger partial charge on any atom is 0.335 e. The number of fused-ring (bicyclic) bond motifs is 1. The van der Waals surface area contributed by atoms with Crippen molar-refractivity contribution in [3.63, 3.8) is 0 Å². The minimum atomic E-state index is -0.960. The Balaban J connectivity index is 2.02. The standard InChI is InChI=1S/C17H16N2O3S/c1-3-13-10(2)23-15-14(13)16(20)19(9-18-15)8-11-4-6-12(7-5-11)17(21)22/h4-7,9H,3,8H2,1-2H3,(H,21,22). The van der Waals surface area contributed by atoms with Crippen molar-refractivity contribution in [2.45, 2.75) is 26.8 Å². The largest absolute Gasteiger partial charge is 0.478 e. The number of nitrogens with zero attached hydrogens (tertiary/aromatic N) is 2. The predicted octanol–water partition coefficient (Wildman–Crippen LogP) is 3.08. The number of aromatic nitrogens is 2. The van der Waals surface area contributed by atoms with Gasteiger partial charge in [0.05, 0.1) is 23.8 Å². The maximum absolute atomic E-state index is 12.7. The van der Waals surface area contributed by atoms with Crippen molar-refractivity contribution in [2.75, 3.05) is 0 Å². The van der Waals surface area contributed by atoms with Crippen molar-refractivity contribution in [2.24, 2.45) is 0 Å². The number of hydrogen-bond acceptors (Lipinski definition) is 4. The smallest absolute Gasteiger partial charge is 0.335 e. The summed E-state index contributed by atoms with van der Waals surface area (Å²) in [6, 6.07) is 6.53. The van der Waals surface area contributed by atoms with Gasteiger partial charge in [0.1, 0.15) is 4.83 Å². The van der Waals surface area contributed by atoms with E-state index in [4.69, 9.17) is 5.11 Å². The summed E-state index contributed by atoms with van der Waals surface area (Å²) in [5, 5.41) is 9.63. The Morgan fingerprint density at radius 2 is 2.00 bits per heavy atom. The summed E-state index contributed by atoms with van der Waals surface area (Å²) < 4.78 is 1.57. The Morgan fingerprint density at radius 3 is 2.61 bits per heavy atom. The van der Waals surface area contributed by atoms with Crippen LogP contribution in [0.1, 0.15) is 33.3 Å². The Morgan fingerprint density at radius 1 is 1.30 bits per heavy atom. The lowest BCUT2D eigenvalue weighted by atomic mass is 10.1. The molecule has 1 N–H and O–H groups in total. The molecule has 0 aliphatic carbocycles. The van der Waals surface area contributed by atoms with Crippen molar-refractivity contribution in [1.29, 1.82) is 0 Å². The molecule has 0 amide bonds. The summed E-state index contributed by atoms with van der Waals surface area (Å²) >= 11 is 1.55. The second-order valence-electron chi connectivity index (χ2n) is 5.35. The average molecular weight is 328 g/mol. The fourth-order valence-electron chi connectivity index (χ4n) is 2.68. The number of carboxylic acid groups (broad SMARTS) is 1. The van der Waals surface area contributed by atoms with Crippen molar-refractivity contribution in [3.8, 4) is 0 Å². The first-order valence-corrected chi connectivity index (χ1v) is 8.12. The summed E-state index contributed by atoms with van der Waals surface area (Å²) in [5.41, 5.74) is 2.12. The van der Waals surface area contributed by atoms with Gasteiger partial charge in [-0.2, -0.15) is 0 Å². The van der Waals surface area contributed by atoms with Gasteiger partial charge in [0.25, 0.3) is 5.56 Å². The Labute approximate surface area is 136 Å². The van der Waals surface area contributed by atoms with Crippen LogP contribution in [0.5, 0.6) is 0 Å². The molecule has 3 aromatic rings. The highest BCUT2D eigenvalue weighted by Gasteiger charge is 2.14. The highest BCUT2D eigenvalue weighted by atomic mass is 32.1. The van der Waals surface area contributed by atoms with E-state index in [2.05, 4.69) is 4.98 Å². The quantitative estimate of drug-likeness (QED) is 0.799. The number of thiophene rings is 1. The van der Waals surface area contributed by atoms with E-state index in [0.717, 1.165) is 27.3 Å². The van der Waals surface area contributed by atoms with Gasteiger partial charge in [-0.1, -0.05) is 19.1 Å². The molecule has 0 radical (unpaired) electrons. The lowest BCUT2D eigenvalue weighted by molar-refractivity contribution is 0.0697. The molecule has 0 unspecified atom stereocenters. The van der Waals surface area contributed by atoms with Crippen LogP contribution in [0.15, 0.2) is 35.4 Å². The van der Waals surface area contributed by atoms with Crippen LogP contribution in [0.4, 0.5) is 0 Å². The molecule has 2 heterocycles. The van der Waals surface area contributed by atoms with E-state index in [1.807, 2.05) is 13.8 Å². The lowest BCUT2D eigenvalue weighted by Crippen LogP contribution is -2.21. The molecule has 3 rings (SSSR count). The third-order valence-electron chi connectivity index (χ3n) is 3.89. The number of aromatic carboxylic acids is 1. The fraction of sp³-hybridized carbons (Fsp3) is 0.235. The zero-order valence-corrected chi connectivity index (χ0v) is 13.7. The number of carboxylic acids is 1. The maximum atomic E-state index is 12.7. The Bertz CT molecular complexity index is 939. The lowest BCUT2D eigenvalue weighted by Gasteiger charge is -2.06. The molecule has 118 valence electrons. The van der Waals surface area contributed by atoms with Crippen molar-refractivity contribution in [3.05, 3.63) is 62.5 Å². The fourth-order valence-corrected chi connectivity index (χ4v) is 3.75. The van der Waals surface area contributed by atoms with Crippen molar-refractivity contribution in [1.82, 2.24) is 9.55 Å². The van der Waals surface area contributed by atoms with Crippen LogP contribution in [0.25, 0.3) is 10.2 Å². The molecule has 0 aliphatic heterocycles. The number of rotatable bonds is 4. The van der Waals surface area contributed by atoms with E-state index in [1.165, 1.54) is 0 Å². The molecular weight excluding hydrogens is 312 g/mol.